The highest BCUT2D eigenvalue weighted by Gasteiger charge is 2.17. The van der Waals surface area contributed by atoms with Crippen molar-refractivity contribution in [2.75, 3.05) is 0 Å². The monoisotopic (exact) mass is 227 g/mol. The molecule has 16 heavy (non-hydrogen) atoms. The molecule has 1 amide bonds. The number of benzene rings is 1. The first-order valence-electron chi connectivity index (χ1n) is 4.44. The van der Waals surface area contributed by atoms with Crippen molar-refractivity contribution < 1.29 is 24.2 Å². The van der Waals surface area contributed by atoms with E-state index in [2.05, 4.69) is 5.32 Å². The molecule has 0 fully saturated rings. The molecular formula is C10H10FNO4. The molecule has 1 unspecified atom stereocenters. The van der Waals surface area contributed by atoms with Crippen molar-refractivity contribution in [3.63, 3.8) is 0 Å². The molecule has 3 N–H and O–H groups in total. The number of phenolic OH excluding ortho intramolecular Hbond substituents is 1. The predicted octanol–water partition coefficient (Wildman–Crippen LogP) is 0.273. The lowest BCUT2D eigenvalue weighted by Crippen LogP contribution is -2.37. The normalized spacial score (nSPS) is 11.8. The molecule has 6 heteroatoms. The van der Waals surface area contributed by atoms with Gasteiger partial charge in [0.25, 0.3) is 0 Å². The van der Waals surface area contributed by atoms with Crippen molar-refractivity contribution in [3.05, 3.63) is 29.6 Å². The summed E-state index contributed by atoms with van der Waals surface area (Å²) in [5, 5.41) is 19.8. The summed E-state index contributed by atoms with van der Waals surface area (Å²) < 4.78 is 12.9. The zero-order valence-electron chi connectivity index (χ0n) is 8.18. The van der Waals surface area contributed by atoms with E-state index >= 15 is 0 Å². The molecule has 0 saturated heterocycles. The van der Waals surface area contributed by atoms with Gasteiger partial charge >= 0.3 is 5.97 Å². The summed E-state index contributed by atoms with van der Waals surface area (Å²) in [7, 11) is 0. The molecule has 86 valence electrons. The second-order valence-corrected chi connectivity index (χ2v) is 3.17. The number of amides is 1. The van der Waals surface area contributed by atoms with E-state index in [4.69, 9.17) is 10.2 Å². The van der Waals surface area contributed by atoms with Gasteiger partial charge in [-0.25, -0.2) is 9.18 Å². The van der Waals surface area contributed by atoms with Crippen molar-refractivity contribution in [2.45, 2.75) is 12.5 Å². The minimum atomic E-state index is -1.21. The van der Waals surface area contributed by atoms with Crippen molar-refractivity contribution in [2.24, 2.45) is 0 Å². The van der Waals surface area contributed by atoms with E-state index in [1.54, 1.807) is 0 Å². The van der Waals surface area contributed by atoms with Crippen LogP contribution in [-0.2, 0) is 16.0 Å². The molecule has 0 radical (unpaired) electrons. The van der Waals surface area contributed by atoms with E-state index in [-0.39, 0.29) is 12.8 Å². The van der Waals surface area contributed by atoms with E-state index in [0.29, 0.717) is 5.56 Å². The number of carbonyl (C=O) groups is 2. The molecule has 0 aliphatic carbocycles. The number of aliphatic carboxylic acids is 1. The van der Waals surface area contributed by atoms with Crippen LogP contribution in [0, 0.1) is 5.82 Å². The SMILES string of the molecule is O=CNC(Cc1ccc(O)c(F)c1)C(=O)O. The number of hydrogen-bond acceptors (Lipinski definition) is 3. The van der Waals surface area contributed by atoms with Crippen LogP contribution in [-0.4, -0.2) is 28.6 Å². The zero-order valence-corrected chi connectivity index (χ0v) is 8.18. The highest BCUT2D eigenvalue weighted by Crippen LogP contribution is 2.17. The summed E-state index contributed by atoms with van der Waals surface area (Å²) in [5.41, 5.74) is 0.372. The van der Waals surface area contributed by atoms with Crippen molar-refractivity contribution in [3.8, 4) is 5.75 Å². The smallest absolute Gasteiger partial charge is 0.326 e. The molecule has 1 rings (SSSR count). The third-order valence-electron chi connectivity index (χ3n) is 2.02. The molecule has 1 aromatic rings. The molecule has 0 aliphatic heterocycles. The first kappa shape index (κ1) is 12.0. The fourth-order valence-corrected chi connectivity index (χ4v) is 1.21. The Morgan fingerprint density at radius 1 is 1.56 bits per heavy atom. The average molecular weight is 227 g/mol. The Labute approximate surface area is 90.5 Å². The lowest BCUT2D eigenvalue weighted by molar-refractivity contribution is -0.140. The molecule has 0 saturated carbocycles. The first-order valence-corrected chi connectivity index (χ1v) is 4.44. The third kappa shape index (κ3) is 2.94. The summed E-state index contributed by atoms with van der Waals surface area (Å²) in [6.45, 7) is 0. The van der Waals surface area contributed by atoms with Crippen LogP contribution in [0.5, 0.6) is 5.75 Å². The number of carbonyl (C=O) groups excluding carboxylic acids is 1. The molecule has 1 atom stereocenters. The predicted molar refractivity (Wildman–Crippen MR) is 52.4 cm³/mol. The molecule has 0 aromatic heterocycles. The molecular weight excluding hydrogens is 217 g/mol. The van der Waals surface area contributed by atoms with E-state index in [0.717, 1.165) is 12.1 Å². The van der Waals surface area contributed by atoms with E-state index in [1.165, 1.54) is 6.07 Å². The molecule has 1 aromatic carbocycles. The maximum Gasteiger partial charge on any atom is 0.326 e. The van der Waals surface area contributed by atoms with Gasteiger partial charge in [0.1, 0.15) is 6.04 Å². The lowest BCUT2D eigenvalue weighted by Gasteiger charge is -2.11. The highest BCUT2D eigenvalue weighted by atomic mass is 19.1. The highest BCUT2D eigenvalue weighted by molar-refractivity contribution is 5.76. The summed E-state index contributed by atoms with van der Waals surface area (Å²) in [5.74, 6) is -2.53. The van der Waals surface area contributed by atoms with Gasteiger partial charge in [-0.2, -0.15) is 0 Å². The van der Waals surface area contributed by atoms with Crippen LogP contribution in [0.3, 0.4) is 0 Å². The van der Waals surface area contributed by atoms with Crippen molar-refractivity contribution in [1.29, 1.82) is 0 Å². The number of hydrogen-bond donors (Lipinski definition) is 3. The van der Waals surface area contributed by atoms with Gasteiger partial charge in [0.05, 0.1) is 0 Å². The summed E-state index contributed by atoms with van der Waals surface area (Å²) >= 11 is 0. The number of carboxylic acid groups (broad SMARTS) is 1. The molecule has 0 bridgehead atoms. The Morgan fingerprint density at radius 3 is 2.75 bits per heavy atom. The van der Waals surface area contributed by atoms with Gasteiger partial charge in [-0.1, -0.05) is 6.07 Å². The Balaban J connectivity index is 2.81. The van der Waals surface area contributed by atoms with Crippen molar-refractivity contribution in [1.82, 2.24) is 5.32 Å². The van der Waals surface area contributed by atoms with Crippen LogP contribution >= 0.6 is 0 Å². The van der Waals surface area contributed by atoms with Gasteiger partial charge in [-0.05, 0) is 17.7 Å². The summed E-state index contributed by atoms with van der Waals surface area (Å²) in [6.07, 6.45) is 0.223. The standard InChI is InChI=1S/C10H10FNO4/c11-7-3-6(1-2-9(7)14)4-8(10(15)16)12-5-13/h1-3,5,8,14H,4H2,(H,12,13)(H,15,16). The van der Waals surface area contributed by atoms with Crippen molar-refractivity contribution >= 4 is 12.4 Å². The zero-order chi connectivity index (χ0) is 12.1. The Kier molecular flexibility index (Phi) is 3.82. The summed E-state index contributed by atoms with van der Waals surface area (Å²) in [4.78, 5) is 20.8. The Hall–Kier alpha value is -2.11. The van der Waals surface area contributed by atoms with Crippen LogP contribution in [0.15, 0.2) is 18.2 Å². The van der Waals surface area contributed by atoms with Gasteiger partial charge in [0.2, 0.25) is 6.41 Å². The maximum atomic E-state index is 12.9. The Bertz CT molecular complexity index is 408. The largest absolute Gasteiger partial charge is 0.505 e. The number of phenols is 1. The van der Waals surface area contributed by atoms with Crippen LogP contribution in [0.2, 0.25) is 0 Å². The lowest BCUT2D eigenvalue weighted by atomic mass is 10.1. The van der Waals surface area contributed by atoms with Crippen LogP contribution < -0.4 is 5.32 Å². The second kappa shape index (κ2) is 5.11. The van der Waals surface area contributed by atoms with Crippen LogP contribution in [0.25, 0.3) is 0 Å². The van der Waals surface area contributed by atoms with Gasteiger partial charge in [-0.15, -0.1) is 0 Å². The van der Waals surface area contributed by atoms with Gasteiger partial charge in [-0.3, -0.25) is 4.79 Å². The fourth-order valence-electron chi connectivity index (χ4n) is 1.21. The number of rotatable bonds is 5. The molecule has 0 heterocycles. The minimum Gasteiger partial charge on any atom is -0.505 e. The first-order chi connectivity index (χ1) is 7.54. The quantitative estimate of drug-likeness (QED) is 0.630. The second-order valence-electron chi connectivity index (χ2n) is 3.17. The number of carboxylic acids is 1. The number of halogens is 1. The minimum absolute atomic E-state index is 0.0503. The fraction of sp³-hybridized carbons (Fsp3) is 0.200. The van der Waals surface area contributed by atoms with E-state index in [1.807, 2.05) is 0 Å². The maximum absolute atomic E-state index is 12.9. The van der Waals surface area contributed by atoms with Gasteiger partial charge < -0.3 is 15.5 Å². The van der Waals surface area contributed by atoms with E-state index in [9.17, 15) is 14.0 Å². The Morgan fingerprint density at radius 2 is 2.25 bits per heavy atom. The topological polar surface area (TPSA) is 86.6 Å². The molecule has 5 nitrogen and oxygen atoms in total. The molecule has 0 spiro atoms. The van der Waals surface area contributed by atoms with Gasteiger partial charge in [0, 0.05) is 6.42 Å². The van der Waals surface area contributed by atoms with Gasteiger partial charge in [0.15, 0.2) is 11.6 Å². The van der Waals surface area contributed by atoms with Crippen LogP contribution in [0.1, 0.15) is 5.56 Å². The number of nitrogens with one attached hydrogen (secondary N) is 1. The third-order valence-corrected chi connectivity index (χ3v) is 2.02. The van der Waals surface area contributed by atoms with Crippen LogP contribution in [0.4, 0.5) is 4.39 Å². The summed E-state index contributed by atoms with van der Waals surface area (Å²) in [6, 6.07) is 2.43. The molecule has 0 aliphatic rings. The average Bonchev–Trinajstić information content (AvgIpc) is 2.22. The number of aromatic hydroxyl groups is 1. The van der Waals surface area contributed by atoms with E-state index < -0.39 is 23.6 Å².